The zero-order valence-corrected chi connectivity index (χ0v) is 35.2. The largest absolute Gasteiger partial charge is 0.418 e. The standard InChI is InChI=1S/C42H43F3N8O5S3/c43-42(44,45)34-23-31(12-13-35(34)46-29(15-17-51-19-21-58-22-20-51)26-59-30-8-2-1-3-9-30)61(56,57)50-40(55)36-27-60-41(47-36)53-18-14-28-7-6-10-32(33(28)24-53)39(54)49-37-25-52-16-5-4-11-38(52)48-37/h1-13,16,23,25,27,29,40,46,50,55H,14-15,17-22,24,26H2,(H,49,54)/t29-,40?/m1/s1. The van der Waals surface area contributed by atoms with Crippen LogP contribution >= 0.6 is 23.1 Å². The van der Waals surface area contributed by atoms with Crippen molar-refractivity contribution in [1.29, 1.82) is 0 Å². The Balaban J connectivity index is 0.945. The Kier molecular flexibility index (Phi) is 13.0. The highest BCUT2D eigenvalue weighted by atomic mass is 32.2. The third kappa shape index (κ3) is 10.4. The van der Waals surface area contributed by atoms with Gasteiger partial charge in [-0.25, -0.2) is 18.4 Å². The van der Waals surface area contributed by atoms with E-state index in [4.69, 9.17) is 4.74 Å². The van der Waals surface area contributed by atoms with E-state index in [1.807, 2.05) is 71.8 Å². The van der Waals surface area contributed by atoms with Crippen LogP contribution in [0.3, 0.4) is 0 Å². The number of carbonyl (C=O) groups excluding carboxylic acids is 1. The molecule has 13 nitrogen and oxygen atoms in total. The number of ether oxygens (including phenoxy) is 1. The molecular weight excluding hydrogens is 850 g/mol. The van der Waals surface area contributed by atoms with E-state index in [2.05, 4.69) is 30.2 Å². The van der Waals surface area contributed by atoms with Crippen LogP contribution in [0.1, 0.15) is 45.4 Å². The number of imidazole rings is 1. The van der Waals surface area contributed by atoms with Gasteiger partial charge in [-0.3, -0.25) is 9.69 Å². The summed E-state index contributed by atoms with van der Waals surface area (Å²) >= 11 is 2.69. The van der Waals surface area contributed by atoms with E-state index in [1.54, 1.807) is 16.7 Å². The first-order valence-electron chi connectivity index (χ1n) is 19.6. The van der Waals surface area contributed by atoms with E-state index in [0.717, 1.165) is 41.2 Å². The Morgan fingerprint density at radius 3 is 2.57 bits per heavy atom. The van der Waals surface area contributed by atoms with Crippen LogP contribution < -0.4 is 20.3 Å². The molecule has 3 aromatic carbocycles. The van der Waals surface area contributed by atoms with Crippen molar-refractivity contribution in [1.82, 2.24) is 24.0 Å². The summed E-state index contributed by atoms with van der Waals surface area (Å²) in [6, 6.07) is 23.1. The molecule has 2 aliphatic rings. The third-order valence-corrected chi connectivity index (χ3v) is 14.0. The average Bonchev–Trinajstić information content (AvgIpc) is 3.92. The third-order valence-electron chi connectivity index (χ3n) is 10.5. The van der Waals surface area contributed by atoms with Gasteiger partial charge in [0.2, 0.25) is 10.0 Å². The smallest absolute Gasteiger partial charge is 0.381 e. The first kappa shape index (κ1) is 42.7. The number of carbonyl (C=O) groups is 1. The predicted molar refractivity (Wildman–Crippen MR) is 230 cm³/mol. The number of amides is 1. The van der Waals surface area contributed by atoms with Crippen LogP contribution in [0, 0.1) is 0 Å². The normalized spacial score (nSPS) is 16.0. The molecule has 3 aromatic heterocycles. The van der Waals surface area contributed by atoms with Crippen LogP contribution in [0.4, 0.5) is 29.8 Å². The lowest BCUT2D eigenvalue weighted by Gasteiger charge is -2.29. The first-order chi connectivity index (χ1) is 29.4. The van der Waals surface area contributed by atoms with E-state index in [9.17, 15) is 31.5 Å². The predicted octanol–water partition coefficient (Wildman–Crippen LogP) is 6.89. The number of aromatic nitrogens is 3. The van der Waals surface area contributed by atoms with Gasteiger partial charge < -0.3 is 29.8 Å². The summed E-state index contributed by atoms with van der Waals surface area (Å²) in [6.45, 7) is 4.18. The van der Waals surface area contributed by atoms with Gasteiger partial charge in [0, 0.05) is 72.2 Å². The molecular formula is C42H43F3N8O5S3. The van der Waals surface area contributed by atoms with Crippen LogP contribution in [-0.4, -0.2) is 89.9 Å². The van der Waals surface area contributed by atoms with E-state index < -0.39 is 32.9 Å². The Bertz CT molecular complexity index is 2550. The van der Waals surface area contributed by atoms with Crippen LogP contribution in [0.15, 0.2) is 112 Å². The maximum Gasteiger partial charge on any atom is 0.418 e. The number of aliphatic hydroxyl groups excluding tert-OH is 1. The van der Waals surface area contributed by atoms with Crippen molar-refractivity contribution in [2.24, 2.45) is 0 Å². The Hall–Kier alpha value is -5.02. The number of sulfonamides is 1. The van der Waals surface area contributed by atoms with E-state index in [0.29, 0.717) is 79.7 Å². The Morgan fingerprint density at radius 1 is 0.984 bits per heavy atom. The molecule has 0 aliphatic carbocycles. The van der Waals surface area contributed by atoms with Gasteiger partial charge in [0.15, 0.2) is 17.2 Å². The second-order valence-electron chi connectivity index (χ2n) is 14.7. The summed E-state index contributed by atoms with van der Waals surface area (Å²) in [5.41, 5.74) is 1.54. The monoisotopic (exact) mass is 892 g/mol. The van der Waals surface area contributed by atoms with Gasteiger partial charge >= 0.3 is 6.18 Å². The fourth-order valence-electron chi connectivity index (χ4n) is 7.30. The van der Waals surface area contributed by atoms with Gasteiger partial charge in [-0.05, 0) is 72.5 Å². The van der Waals surface area contributed by atoms with Gasteiger partial charge in [-0.2, -0.15) is 17.9 Å². The van der Waals surface area contributed by atoms with E-state index >= 15 is 0 Å². The number of nitrogens with one attached hydrogen (secondary N) is 3. The fraction of sp³-hybridized carbons (Fsp3) is 0.310. The highest BCUT2D eigenvalue weighted by Gasteiger charge is 2.36. The van der Waals surface area contributed by atoms with Crippen LogP contribution in [0.5, 0.6) is 0 Å². The Morgan fingerprint density at radius 2 is 1.79 bits per heavy atom. The average molecular weight is 893 g/mol. The van der Waals surface area contributed by atoms with Gasteiger partial charge in [0.05, 0.1) is 35.6 Å². The van der Waals surface area contributed by atoms with Crippen LogP contribution in [-0.2, 0) is 33.9 Å². The molecule has 0 saturated carbocycles. The highest BCUT2D eigenvalue weighted by molar-refractivity contribution is 7.99. The lowest BCUT2D eigenvalue weighted by molar-refractivity contribution is -0.137. The molecule has 1 fully saturated rings. The van der Waals surface area contributed by atoms with Crippen LogP contribution in [0.2, 0.25) is 0 Å². The molecule has 1 unspecified atom stereocenters. The lowest BCUT2D eigenvalue weighted by Crippen LogP contribution is -2.39. The first-order valence-corrected chi connectivity index (χ1v) is 23.0. The minimum absolute atomic E-state index is 0.0272. The number of benzene rings is 3. The number of halogens is 3. The zero-order chi connectivity index (χ0) is 42.6. The molecule has 6 aromatic rings. The number of alkyl halides is 3. The molecule has 8 rings (SSSR count). The minimum atomic E-state index is -4.89. The fourth-order valence-corrected chi connectivity index (χ4v) is 10.2. The van der Waals surface area contributed by atoms with Crippen molar-refractivity contribution in [2.45, 2.75) is 47.6 Å². The Labute approximate surface area is 359 Å². The second-order valence-corrected chi connectivity index (χ2v) is 18.3. The molecule has 19 heteroatoms. The van der Waals surface area contributed by atoms with Crippen LogP contribution in [0.25, 0.3) is 5.65 Å². The maximum absolute atomic E-state index is 14.6. The van der Waals surface area contributed by atoms with E-state index in [-0.39, 0.29) is 23.3 Å². The number of rotatable bonds is 15. The van der Waals surface area contributed by atoms with Crippen molar-refractivity contribution >= 4 is 61.3 Å². The number of pyridine rings is 1. The molecule has 4 N–H and O–H groups in total. The molecule has 5 heterocycles. The summed E-state index contributed by atoms with van der Waals surface area (Å²) < 4.78 is 80.3. The molecule has 0 spiro atoms. The zero-order valence-electron chi connectivity index (χ0n) is 32.7. The molecule has 61 heavy (non-hydrogen) atoms. The molecule has 2 aliphatic heterocycles. The summed E-state index contributed by atoms with van der Waals surface area (Å²) in [5, 5.41) is 19.0. The second kappa shape index (κ2) is 18.5. The van der Waals surface area contributed by atoms with Gasteiger partial charge in [0.25, 0.3) is 5.91 Å². The van der Waals surface area contributed by atoms with Crippen molar-refractivity contribution in [2.75, 3.05) is 60.7 Å². The summed E-state index contributed by atoms with van der Waals surface area (Å²) in [5.74, 6) is 0.552. The van der Waals surface area contributed by atoms with Crippen molar-refractivity contribution in [3.05, 3.63) is 131 Å². The molecule has 0 radical (unpaired) electrons. The minimum Gasteiger partial charge on any atom is -0.381 e. The highest BCUT2D eigenvalue weighted by Crippen LogP contribution is 2.38. The quantitative estimate of drug-likeness (QED) is 0.0630. The maximum atomic E-state index is 14.6. The number of fused-ring (bicyclic) bond motifs is 2. The number of hydrogen-bond acceptors (Lipinski definition) is 12. The van der Waals surface area contributed by atoms with Gasteiger partial charge in [-0.15, -0.1) is 23.1 Å². The molecule has 1 saturated heterocycles. The number of anilines is 3. The summed E-state index contributed by atoms with van der Waals surface area (Å²) in [4.78, 5) is 26.9. The topological polar surface area (TPSA) is 153 Å². The SMILES string of the molecule is O=C(Nc1cn2ccccc2n1)c1cccc2c1CN(c1nc(C(O)NS(=O)(=O)c3ccc(N[C@H](CCN4CCOCC4)CSc4ccccc4)c(C(F)(F)F)c3)cs1)CC2. The number of morpholine rings is 1. The van der Waals surface area contributed by atoms with Crippen molar-refractivity contribution < 1.29 is 36.2 Å². The lowest BCUT2D eigenvalue weighted by atomic mass is 9.94. The molecule has 2 atom stereocenters. The number of hydrogen-bond donors (Lipinski definition) is 4. The van der Waals surface area contributed by atoms with Gasteiger partial charge in [0.1, 0.15) is 5.65 Å². The number of thioether (sulfide) groups is 1. The van der Waals surface area contributed by atoms with E-state index in [1.165, 1.54) is 28.5 Å². The molecule has 1 amide bonds. The van der Waals surface area contributed by atoms with Gasteiger partial charge in [-0.1, -0.05) is 36.4 Å². The van der Waals surface area contributed by atoms with Crippen molar-refractivity contribution in [3.63, 3.8) is 0 Å². The molecule has 0 bridgehead atoms. The summed E-state index contributed by atoms with van der Waals surface area (Å²) in [7, 11) is -4.66. The number of thiazole rings is 1. The molecule has 320 valence electrons. The summed E-state index contributed by atoms with van der Waals surface area (Å²) in [6.07, 6.45) is -2.04. The van der Waals surface area contributed by atoms with Crippen molar-refractivity contribution in [3.8, 4) is 0 Å². The number of nitrogens with zero attached hydrogens (tertiary/aromatic N) is 5. The number of aliphatic hydroxyl groups is 1.